The van der Waals surface area contributed by atoms with Crippen molar-refractivity contribution in [1.82, 2.24) is 19.8 Å². The molecule has 1 fully saturated rings. The normalized spacial score (nSPS) is 17.0. The van der Waals surface area contributed by atoms with Crippen LogP contribution in [0, 0.1) is 0 Å². The molecule has 0 radical (unpaired) electrons. The molecule has 0 unspecified atom stereocenters. The maximum atomic E-state index is 6.62. The summed E-state index contributed by atoms with van der Waals surface area (Å²) in [6.07, 6.45) is 5.51. The maximum absolute atomic E-state index is 6.62. The van der Waals surface area contributed by atoms with Crippen LogP contribution in [0.3, 0.4) is 0 Å². The van der Waals surface area contributed by atoms with Crippen molar-refractivity contribution in [2.24, 2.45) is 0 Å². The highest BCUT2D eigenvalue weighted by Gasteiger charge is 2.27. The van der Waals surface area contributed by atoms with Crippen molar-refractivity contribution in [3.8, 4) is 22.6 Å². The van der Waals surface area contributed by atoms with Gasteiger partial charge in [-0.15, -0.1) is 0 Å². The van der Waals surface area contributed by atoms with Crippen LogP contribution in [-0.2, 0) is 13.0 Å². The second kappa shape index (κ2) is 10.7. The second-order valence-corrected chi connectivity index (χ2v) is 10.6. The SMILES string of the molecule is CCN1CCC(N2CCc3c(cccc3Nc3ccc(Cl)c(-c4ncc(-c5ccccc5)[nH]4)c3)C2)CC1. The molecule has 3 heterocycles. The summed E-state index contributed by atoms with van der Waals surface area (Å²) in [5.74, 6) is 0.771. The minimum Gasteiger partial charge on any atom is -0.355 e. The molecule has 37 heavy (non-hydrogen) atoms. The predicted octanol–water partition coefficient (Wildman–Crippen LogP) is 6.98. The molecule has 1 aromatic heterocycles. The van der Waals surface area contributed by atoms with Crippen LogP contribution in [0.25, 0.3) is 22.6 Å². The topological polar surface area (TPSA) is 47.2 Å². The Morgan fingerprint density at radius 2 is 1.84 bits per heavy atom. The Bertz CT molecular complexity index is 1360. The number of aromatic nitrogens is 2. The van der Waals surface area contributed by atoms with Gasteiger partial charge in [-0.3, -0.25) is 4.90 Å². The lowest BCUT2D eigenvalue weighted by Crippen LogP contribution is -2.46. The van der Waals surface area contributed by atoms with Crippen LogP contribution in [-0.4, -0.2) is 52.0 Å². The van der Waals surface area contributed by atoms with E-state index in [1.54, 1.807) is 0 Å². The van der Waals surface area contributed by atoms with E-state index in [1.165, 1.54) is 49.3 Å². The zero-order valence-corrected chi connectivity index (χ0v) is 22.1. The molecule has 0 aliphatic carbocycles. The van der Waals surface area contributed by atoms with Gasteiger partial charge in [-0.25, -0.2) is 4.98 Å². The molecule has 0 spiro atoms. The third kappa shape index (κ3) is 5.17. The minimum absolute atomic E-state index is 0.680. The molecule has 2 N–H and O–H groups in total. The van der Waals surface area contributed by atoms with E-state index < -0.39 is 0 Å². The number of anilines is 2. The number of imidazole rings is 1. The van der Waals surface area contributed by atoms with Crippen molar-refractivity contribution < 1.29 is 0 Å². The molecular weight excluding hydrogens is 478 g/mol. The third-order valence-corrected chi connectivity index (χ3v) is 8.31. The Kier molecular flexibility index (Phi) is 7.01. The lowest BCUT2D eigenvalue weighted by molar-refractivity contribution is 0.101. The Hall–Kier alpha value is -3.12. The number of nitrogens with one attached hydrogen (secondary N) is 2. The summed E-state index contributed by atoms with van der Waals surface area (Å²) in [7, 11) is 0. The maximum Gasteiger partial charge on any atom is 0.139 e. The van der Waals surface area contributed by atoms with Crippen molar-refractivity contribution in [3.63, 3.8) is 0 Å². The molecule has 0 atom stereocenters. The van der Waals surface area contributed by atoms with E-state index >= 15 is 0 Å². The molecule has 5 nitrogen and oxygen atoms in total. The summed E-state index contributed by atoms with van der Waals surface area (Å²) in [6, 6.07) is 23.7. The van der Waals surface area contributed by atoms with E-state index in [9.17, 15) is 0 Å². The van der Waals surface area contributed by atoms with Gasteiger partial charge < -0.3 is 15.2 Å². The first-order valence-corrected chi connectivity index (χ1v) is 13.8. The molecule has 3 aromatic carbocycles. The fourth-order valence-corrected chi connectivity index (χ4v) is 6.03. The largest absolute Gasteiger partial charge is 0.355 e. The second-order valence-electron chi connectivity index (χ2n) is 10.2. The molecule has 0 bridgehead atoms. The van der Waals surface area contributed by atoms with Gasteiger partial charge in [0.1, 0.15) is 5.82 Å². The summed E-state index contributed by atoms with van der Waals surface area (Å²) in [6.45, 7) is 8.07. The van der Waals surface area contributed by atoms with E-state index in [0.717, 1.165) is 47.8 Å². The fraction of sp³-hybridized carbons (Fsp3) is 0.323. The van der Waals surface area contributed by atoms with Crippen LogP contribution in [0.2, 0.25) is 5.02 Å². The minimum atomic E-state index is 0.680. The Morgan fingerprint density at radius 1 is 1.00 bits per heavy atom. The van der Waals surface area contributed by atoms with E-state index in [4.69, 9.17) is 11.6 Å². The molecule has 4 aromatic rings. The van der Waals surface area contributed by atoms with Gasteiger partial charge in [-0.05, 0) is 79.9 Å². The van der Waals surface area contributed by atoms with Gasteiger partial charge in [0.2, 0.25) is 0 Å². The van der Waals surface area contributed by atoms with Gasteiger partial charge in [0.15, 0.2) is 0 Å². The van der Waals surface area contributed by atoms with Crippen molar-refractivity contribution in [3.05, 3.63) is 89.1 Å². The first-order chi connectivity index (χ1) is 18.2. The molecule has 0 amide bonds. The number of benzene rings is 3. The molecule has 2 aliphatic rings. The first kappa shape index (κ1) is 24.2. The lowest BCUT2D eigenvalue weighted by Gasteiger charge is -2.40. The van der Waals surface area contributed by atoms with Gasteiger partial charge in [-0.2, -0.15) is 0 Å². The molecule has 2 aliphatic heterocycles. The predicted molar refractivity (Wildman–Crippen MR) is 153 cm³/mol. The number of hydrogen-bond acceptors (Lipinski definition) is 4. The molecule has 0 saturated carbocycles. The van der Waals surface area contributed by atoms with Gasteiger partial charge in [0.25, 0.3) is 0 Å². The summed E-state index contributed by atoms with van der Waals surface area (Å²) in [5.41, 5.74) is 8.06. The Balaban J connectivity index is 1.20. The highest BCUT2D eigenvalue weighted by atomic mass is 35.5. The number of fused-ring (bicyclic) bond motifs is 1. The number of hydrogen-bond donors (Lipinski definition) is 2. The molecule has 6 heteroatoms. The number of likely N-dealkylation sites (tertiary alicyclic amines) is 1. The number of nitrogens with zero attached hydrogens (tertiary/aromatic N) is 3. The number of aromatic amines is 1. The third-order valence-electron chi connectivity index (χ3n) is 7.98. The number of piperidine rings is 1. The van der Waals surface area contributed by atoms with Crippen molar-refractivity contribution >= 4 is 23.0 Å². The first-order valence-electron chi connectivity index (χ1n) is 13.4. The fourth-order valence-electron chi connectivity index (χ4n) is 5.82. The van der Waals surface area contributed by atoms with E-state index in [-0.39, 0.29) is 0 Å². The van der Waals surface area contributed by atoms with E-state index in [0.29, 0.717) is 11.1 Å². The standard InChI is InChI=1S/C31H34ClN5/c1-2-36-16-13-25(14-17-36)37-18-15-26-23(21-37)9-6-10-29(26)34-24-11-12-28(32)27(19-24)31-33-20-30(35-31)22-7-4-3-5-8-22/h3-12,19-20,25,34H,2,13-18,21H2,1H3,(H,33,35). The number of H-pyrrole nitrogens is 1. The molecule has 190 valence electrons. The molecule has 6 rings (SSSR count). The quantitative estimate of drug-likeness (QED) is 0.293. The Labute approximate surface area is 224 Å². The molecule has 1 saturated heterocycles. The lowest BCUT2D eigenvalue weighted by atomic mass is 9.94. The zero-order chi connectivity index (χ0) is 25.2. The van der Waals surface area contributed by atoms with Crippen LogP contribution in [0.15, 0.2) is 72.9 Å². The monoisotopic (exact) mass is 511 g/mol. The summed E-state index contributed by atoms with van der Waals surface area (Å²) in [4.78, 5) is 13.3. The highest BCUT2D eigenvalue weighted by molar-refractivity contribution is 6.33. The zero-order valence-electron chi connectivity index (χ0n) is 21.4. The van der Waals surface area contributed by atoms with Crippen LogP contribution in [0.1, 0.15) is 30.9 Å². The van der Waals surface area contributed by atoms with Crippen LogP contribution >= 0.6 is 11.6 Å². The van der Waals surface area contributed by atoms with Gasteiger partial charge in [0.05, 0.1) is 16.9 Å². The van der Waals surface area contributed by atoms with Crippen LogP contribution in [0.5, 0.6) is 0 Å². The average molecular weight is 512 g/mol. The Morgan fingerprint density at radius 3 is 2.65 bits per heavy atom. The number of rotatable bonds is 6. The van der Waals surface area contributed by atoms with E-state index in [1.807, 2.05) is 36.5 Å². The molecular formula is C31H34ClN5. The summed E-state index contributed by atoms with van der Waals surface area (Å²) in [5, 5.41) is 4.37. The van der Waals surface area contributed by atoms with Gasteiger partial charge in [-0.1, -0.05) is 61.0 Å². The summed E-state index contributed by atoms with van der Waals surface area (Å²) >= 11 is 6.62. The van der Waals surface area contributed by atoms with Crippen molar-refractivity contribution in [2.45, 2.75) is 38.8 Å². The smallest absolute Gasteiger partial charge is 0.139 e. The summed E-state index contributed by atoms with van der Waals surface area (Å²) < 4.78 is 0. The van der Waals surface area contributed by atoms with Crippen molar-refractivity contribution in [2.75, 3.05) is 31.5 Å². The number of halogens is 1. The van der Waals surface area contributed by atoms with E-state index in [2.05, 4.69) is 68.4 Å². The van der Waals surface area contributed by atoms with Crippen molar-refractivity contribution in [1.29, 1.82) is 0 Å². The van der Waals surface area contributed by atoms with Gasteiger partial charge in [0, 0.05) is 36.1 Å². The van der Waals surface area contributed by atoms with Crippen LogP contribution in [0.4, 0.5) is 11.4 Å². The van der Waals surface area contributed by atoms with Gasteiger partial charge >= 0.3 is 0 Å². The highest BCUT2D eigenvalue weighted by Crippen LogP contribution is 2.34. The van der Waals surface area contributed by atoms with Crippen LogP contribution < -0.4 is 5.32 Å². The average Bonchev–Trinajstić information content (AvgIpc) is 3.45.